The molecule has 0 spiro atoms. The number of ether oxygens (including phenoxy) is 2. The van der Waals surface area contributed by atoms with E-state index in [2.05, 4.69) is 4.72 Å². The summed E-state index contributed by atoms with van der Waals surface area (Å²) in [6.07, 6.45) is 0. The second kappa shape index (κ2) is 6.96. The molecule has 0 atom stereocenters. The minimum absolute atomic E-state index is 0.0314. The summed E-state index contributed by atoms with van der Waals surface area (Å²) >= 11 is 0. The number of rotatable bonds is 6. The molecular formula is C16H20N2O5S. The molecule has 0 saturated heterocycles. The highest BCUT2D eigenvalue weighted by Gasteiger charge is 2.25. The molecule has 24 heavy (non-hydrogen) atoms. The smallest absolute Gasteiger partial charge is 0.354 e. The Morgan fingerprint density at radius 3 is 2.42 bits per heavy atom. The first-order valence-electron chi connectivity index (χ1n) is 7.30. The van der Waals surface area contributed by atoms with Crippen molar-refractivity contribution in [3.05, 3.63) is 41.7 Å². The van der Waals surface area contributed by atoms with E-state index < -0.39 is 16.0 Å². The maximum absolute atomic E-state index is 12.6. The van der Waals surface area contributed by atoms with Gasteiger partial charge in [-0.05, 0) is 44.2 Å². The zero-order chi connectivity index (χ0) is 17.9. The third-order valence-corrected chi connectivity index (χ3v) is 5.10. The number of carbonyl (C=O) groups is 1. The van der Waals surface area contributed by atoms with Crippen molar-refractivity contribution in [3.8, 4) is 5.75 Å². The zero-order valence-electron chi connectivity index (χ0n) is 14.0. The van der Waals surface area contributed by atoms with Gasteiger partial charge in [0.05, 0.1) is 13.7 Å². The van der Waals surface area contributed by atoms with Crippen LogP contribution in [0.4, 0.5) is 5.69 Å². The first-order valence-corrected chi connectivity index (χ1v) is 8.78. The fourth-order valence-electron chi connectivity index (χ4n) is 2.21. The highest BCUT2D eigenvalue weighted by molar-refractivity contribution is 7.92. The molecule has 0 aliphatic rings. The second-order valence-electron chi connectivity index (χ2n) is 5.09. The fourth-order valence-corrected chi connectivity index (χ4v) is 3.56. The number of anilines is 1. The lowest BCUT2D eigenvalue weighted by molar-refractivity contribution is 0.0515. The van der Waals surface area contributed by atoms with E-state index in [0.717, 1.165) is 0 Å². The molecule has 0 aliphatic carbocycles. The Balaban J connectivity index is 2.35. The number of methoxy groups -OCH3 is 1. The number of hydrogen-bond donors (Lipinski definition) is 1. The van der Waals surface area contributed by atoms with Crippen molar-refractivity contribution in [1.29, 1.82) is 0 Å². The van der Waals surface area contributed by atoms with Crippen LogP contribution in [-0.4, -0.2) is 32.7 Å². The lowest BCUT2D eigenvalue weighted by Gasteiger charge is -2.09. The highest BCUT2D eigenvalue weighted by atomic mass is 32.2. The van der Waals surface area contributed by atoms with Gasteiger partial charge in [0.15, 0.2) is 0 Å². The molecule has 2 rings (SSSR count). The van der Waals surface area contributed by atoms with E-state index in [0.29, 0.717) is 17.1 Å². The van der Waals surface area contributed by atoms with Crippen molar-refractivity contribution in [1.82, 2.24) is 4.57 Å². The van der Waals surface area contributed by atoms with Gasteiger partial charge >= 0.3 is 5.97 Å². The number of nitrogens with one attached hydrogen (secondary N) is 1. The zero-order valence-corrected chi connectivity index (χ0v) is 14.8. The van der Waals surface area contributed by atoms with Crippen LogP contribution in [0.3, 0.4) is 0 Å². The van der Waals surface area contributed by atoms with Gasteiger partial charge in [0, 0.05) is 18.4 Å². The average Bonchev–Trinajstić information content (AvgIpc) is 2.85. The van der Waals surface area contributed by atoms with E-state index in [1.165, 1.54) is 17.7 Å². The normalized spacial score (nSPS) is 11.2. The molecule has 0 saturated carbocycles. The molecular weight excluding hydrogens is 332 g/mol. The number of aromatic nitrogens is 1. The average molecular weight is 352 g/mol. The number of benzene rings is 1. The van der Waals surface area contributed by atoms with E-state index in [1.54, 1.807) is 45.2 Å². The molecule has 8 heteroatoms. The molecule has 1 N–H and O–H groups in total. The number of sulfonamides is 1. The van der Waals surface area contributed by atoms with Crippen molar-refractivity contribution < 1.29 is 22.7 Å². The van der Waals surface area contributed by atoms with Gasteiger partial charge in [-0.25, -0.2) is 13.2 Å². The van der Waals surface area contributed by atoms with Gasteiger partial charge in [0.2, 0.25) is 0 Å². The maximum Gasteiger partial charge on any atom is 0.354 e. The molecule has 0 amide bonds. The molecule has 0 fully saturated rings. The third-order valence-electron chi connectivity index (χ3n) is 3.61. The molecule has 2 aromatic rings. The Labute approximate surface area is 141 Å². The van der Waals surface area contributed by atoms with E-state index in [4.69, 9.17) is 9.47 Å². The summed E-state index contributed by atoms with van der Waals surface area (Å²) in [5, 5.41) is 0. The van der Waals surface area contributed by atoms with E-state index in [1.807, 2.05) is 0 Å². The molecule has 0 unspecified atom stereocenters. The number of esters is 1. The summed E-state index contributed by atoms with van der Waals surface area (Å²) < 4.78 is 39.2. The monoisotopic (exact) mass is 352 g/mol. The van der Waals surface area contributed by atoms with Crippen LogP contribution < -0.4 is 9.46 Å². The summed E-state index contributed by atoms with van der Waals surface area (Å²) in [6, 6.07) is 7.82. The van der Waals surface area contributed by atoms with Crippen molar-refractivity contribution >= 4 is 21.7 Å². The van der Waals surface area contributed by atoms with Crippen LogP contribution in [0.25, 0.3) is 0 Å². The van der Waals surface area contributed by atoms with Crippen LogP contribution in [0.1, 0.15) is 23.1 Å². The predicted molar refractivity (Wildman–Crippen MR) is 89.9 cm³/mol. The Hall–Kier alpha value is -2.48. The van der Waals surface area contributed by atoms with Crippen molar-refractivity contribution in [2.24, 2.45) is 7.05 Å². The predicted octanol–water partition coefficient (Wildman–Crippen LogP) is 2.32. The molecule has 0 aliphatic heterocycles. The fraction of sp³-hybridized carbons (Fsp3) is 0.312. The summed E-state index contributed by atoms with van der Waals surface area (Å²) in [6.45, 7) is 3.54. The standard InChI is InChI=1S/C16H20N2O5S/c1-5-23-16(19)14-10-15(11(2)18(14)3)24(20,21)17-12-6-8-13(22-4)9-7-12/h6-10,17H,5H2,1-4H3. The van der Waals surface area contributed by atoms with Crippen LogP contribution in [0.15, 0.2) is 35.2 Å². The number of nitrogens with zero attached hydrogens (tertiary/aromatic N) is 1. The number of carbonyl (C=O) groups excluding carboxylic acids is 1. The lowest BCUT2D eigenvalue weighted by atomic mass is 10.3. The molecule has 1 aromatic heterocycles. The van der Waals surface area contributed by atoms with Gasteiger partial charge in [-0.3, -0.25) is 4.72 Å². The Morgan fingerprint density at radius 1 is 1.25 bits per heavy atom. The summed E-state index contributed by atoms with van der Waals surface area (Å²) in [4.78, 5) is 11.9. The van der Waals surface area contributed by atoms with Crippen LogP contribution in [-0.2, 0) is 21.8 Å². The molecule has 7 nitrogen and oxygen atoms in total. The Morgan fingerprint density at radius 2 is 1.88 bits per heavy atom. The van der Waals surface area contributed by atoms with E-state index >= 15 is 0 Å². The SMILES string of the molecule is CCOC(=O)c1cc(S(=O)(=O)Nc2ccc(OC)cc2)c(C)n1C. The van der Waals surface area contributed by atoms with E-state index in [-0.39, 0.29) is 17.2 Å². The quantitative estimate of drug-likeness (QED) is 0.806. The van der Waals surface area contributed by atoms with Gasteiger partial charge in [-0.1, -0.05) is 0 Å². The molecule has 130 valence electrons. The van der Waals surface area contributed by atoms with Crippen LogP contribution in [0, 0.1) is 6.92 Å². The third kappa shape index (κ3) is 3.53. The first-order chi connectivity index (χ1) is 11.3. The molecule has 1 heterocycles. The van der Waals surface area contributed by atoms with Gasteiger partial charge in [0.1, 0.15) is 16.3 Å². The summed E-state index contributed by atoms with van der Waals surface area (Å²) in [7, 11) is -0.683. The summed E-state index contributed by atoms with van der Waals surface area (Å²) in [5.74, 6) is 0.0624. The van der Waals surface area contributed by atoms with Crippen molar-refractivity contribution in [2.45, 2.75) is 18.7 Å². The van der Waals surface area contributed by atoms with Crippen molar-refractivity contribution in [2.75, 3.05) is 18.4 Å². The van der Waals surface area contributed by atoms with Crippen LogP contribution >= 0.6 is 0 Å². The topological polar surface area (TPSA) is 86.6 Å². The molecule has 1 aromatic carbocycles. The lowest BCUT2D eigenvalue weighted by Crippen LogP contribution is -2.13. The van der Waals surface area contributed by atoms with Gasteiger partial charge in [0.25, 0.3) is 10.0 Å². The first kappa shape index (κ1) is 17.9. The second-order valence-corrected chi connectivity index (χ2v) is 6.74. The van der Waals surface area contributed by atoms with E-state index in [9.17, 15) is 13.2 Å². The van der Waals surface area contributed by atoms with Crippen molar-refractivity contribution in [3.63, 3.8) is 0 Å². The van der Waals surface area contributed by atoms with Gasteiger partial charge in [-0.15, -0.1) is 0 Å². The minimum Gasteiger partial charge on any atom is -0.497 e. The Bertz CT molecular complexity index is 838. The molecule has 0 bridgehead atoms. The van der Waals surface area contributed by atoms with Crippen LogP contribution in [0.5, 0.6) is 5.75 Å². The highest BCUT2D eigenvalue weighted by Crippen LogP contribution is 2.24. The van der Waals surface area contributed by atoms with Gasteiger partial charge < -0.3 is 14.0 Å². The van der Waals surface area contributed by atoms with Crippen LogP contribution in [0.2, 0.25) is 0 Å². The minimum atomic E-state index is -3.83. The summed E-state index contributed by atoms with van der Waals surface area (Å²) in [5.41, 5.74) is 1.03. The number of hydrogen-bond acceptors (Lipinski definition) is 5. The Kier molecular flexibility index (Phi) is 5.18. The maximum atomic E-state index is 12.6. The van der Waals surface area contributed by atoms with Gasteiger partial charge in [-0.2, -0.15) is 0 Å². The molecule has 0 radical (unpaired) electrons. The largest absolute Gasteiger partial charge is 0.497 e.